The highest BCUT2D eigenvalue weighted by Gasteiger charge is 2.15. The monoisotopic (exact) mass is 245 g/mol. The van der Waals surface area contributed by atoms with E-state index in [9.17, 15) is 4.79 Å². The van der Waals surface area contributed by atoms with Gasteiger partial charge in [0.1, 0.15) is 0 Å². The molecule has 2 aromatic rings. The van der Waals surface area contributed by atoms with E-state index in [4.69, 9.17) is 5.73 Å². The number of benzene rings is 1. The zero-order valence-corrected chi connectivity index (χ0v) is 10.9. The normalized spacial score (nSPS) is 12.9. The summed E-state index contributed by atoms with van der Waals surface area (Å²) in [6.07, 6.45) is 1.73. The van der Waals surface area contributed by atoms with Crippen LogP contribution < -0.4 is 11.1 Å². The Bertz CT molecular complexity index is 571. The molecule has 18 heavy (non-hydrogen) atoms. The number of hydrogen-bond acceptors (Lipinski definition) is 2. The van der Waals surface area contributed by atoms with Gasteiger partial charge in [0, 0.05) is 28.8 Å². The fourth-order valence-electron chi connectivity index (χ4n) is 1.78. The molecule has 1 amide bonds. The van der Waals surface area contributed by atoms with Crippen molar-refractivity contribution in [1.29, 1.82) is 0 Å². The summed E-state index contributed by atoms with van der Waals surface area (Å²) >= 11 is 0. The molecule has 0 fully saturated rings. The smallest absolute Gasteiger partial charge is 0.253 e. The van der Waals surface area contributed by atoms with Crippen LogP contribution in [0, 0.1) is 5.92 Å². The van der Waals surface area contributed by atoms with Crippen molar-refractivity contribution < 1.29 is 4.79 Å². The molecule has 1 unspecified atom stereocenters. The van der Waals surface area contributed by atoms with E-state index in [0.29, 0.717) is 17.2 Å². The predicted molar refractivity (Wildman–Crippen MR) is 74.5 cm³/mol. The standard InChI is InChI=1S/C14H19N3O/c1-8(2)9(3)17-14(18)12-7-16-13-5-4-10(15)6-11(12)13/h4-9,16H,15H2,1-3H3,(H,17,18). The van der Waals surface area contributed by atoms with E-state index < -0.39 is 0 Å². The minimum absolute atomic E-state index is 0.0620. The quantitative estimate of drug-likeness (QED) is 0.727. The molecule has 4 N–H and O–H groups in total. The van der Waals surface area contributed by atoms with E-state index in [1.54, 1.807) is 6.20 Å². The summed E-state index contributed by atoms with van der Waals surface area (Å²) in [7, 11) is 0. The van der Waals surface area contributed by atoms with Crippen molar-refractivity contribution in [3.05, 3.63) is 30.0 Å². The van der Waals surface area contributed by atoms with Crippen molar-refractivity contribution in [1.82, 2.24) is 10.3 Å². The van der Waals surface area contributed by atoms with Crippen LogP contribution in [0.3, 0.4) is 0 Å². The van der Waals surface area contributed by atoms with E-state index in [1.165, 1.54) is 0 Å². The Hall–Kier alpha value is -1.97. The molecule has 1 aromatic carbocycles. The number of nitrogens with one attached hydrogen (secondary N) is 2. The second-order valence-corrected chi connectivity index (χ2v) is 5.01. The molecule has 1 heterocycles. The zero-order valence-electron chi connectivity index (χ0n) is 10.9. The van der Waals surface area contributed by atoms with Gasteiger partial charge in [-0.25, -0.2) is 0 Å². The van der Waals surface area contributed by atoms with Gasteiger partial charge in [-0.15, -0.1) is 0 Å². The van der Waals surface area contributed by atoms with Crippen molar-refractivity contribution in [3.63, 3.8) is 0 Å². The van der Waals surface area contributed by atoms with Crippen LogP contribution in [0.15, 0.2) is 24.4 Å². The van der Waals surface area contributed by atoms with E-state index >= 15 is 0 Å². The van der Waals surface area contributed by atoms with Crippen LogP contribution in [-0.2, 0) is 0 Å². The van der Waals surface area contributed by atoms with Crippen molar-refractivity contribution in [2.75, 3.05) is 5.73 Å². The van der Waals surface area contributed by atoms with Crippen LogP contribution >= 0.6 is 0 Å². The maximum atomic E-state index is 12.2. The lowest BCUT2D eigenvalue weighted by molar-refractivity contribution is 0.0932. The molecule has 0 spiro atoms. The maximum Gasteiger partial charge on any atom is 0.253 e. The molecular formula is C14H19N3O. The first-order chi connectivity index (χ1) is 8.49. The molecule has 0 bridgehead atoms. The number of amides is 1. The minimum atomic E-state index is -0.0620. The fourth-order valence-corrected chi connectivity index (χ4v) is 1.78. The number of H-pyrrole nitrogens is 1. The third kappa shape index (κ3) is 2.32. The first-order valence-electron chi connectivity index (χ1n) is 6.16. The van der Waals surface area contributed by atoms with Gasteiger partial charge in [0.05, 0.1) is 5.56 Å². The number of nitrogen functional groups attached to an aromatic ring is 1. The second-order valence-electron chi connectivity index (χ2n) is 5.01. The van der Waals surface area contributed by atoms with Crippen LogP contribution in [0.2, 0.25) is 0 Å². The Labute approximate surface area is 107 Å². The number of carbonyl (C=O) groups is 1. The van der Waals surface area contributed by atoms with Gasteiger partial charge in [-0.3, -0.25) is 4.79 Å². The van der Waals surface area contributed by atoms with Crippen molar-refractivity contribution in [2.45, 2.75) is 26.8 Å². The average Bonchev–Trinajstić information content (AvgIpc) is 2.71. The summed E-state index contributed by atoms with van der Waals surface area (Å²) in [4.78, 5) is 15.3. The van der Waals surface area contributed by atoms with Crippen molar-refractivity contribution >= 4 is 22.5 Å². The number of rotatable bonds is 3. The van der Waals surface area contributed by atoms with E-state index in [2.05, 4.69) is 24.1 Å². The molecule has 4 heteroatoms. The lowest BCUT2D eigenvalue weighted by atomic mass is 10.1. The second kappa shape index (κ2) is 4.72. The molecule has 96 valence electrons. The molecule has 2 rings (SSSR count). The summed E-state index contributed by atoms with van der Waals surface area (Å²) in [5, 5.41) is 3.86. The molecule has 0 aliphatic heterocycles. The third-order valence-corrected chi connectivity index (χ3v) is 3.31. The topological polar surface area (TPSA) is 70.9 Å². The van der Waals surface area contributed by atoms with Gasteiger partial charge >= 0.3 is 0 Å². The lowest BCUT2D eigenvalue weighted by Gasteiger charge is -2.17. The number of fused-ring (bicyclic) bond motifs is 1. The number of hydrogen-bond donors (Lipinski definition) is 3. The largest absolute Gasteiger partial charge is 0.399 e. The summed E-state index contributed by atoms with van der Waals surface area (Å²) < 4.78 is 0. The highest BCUT2D eigenvalue weighted by atomic mass is 16.1. The van der Waals surface area contributed by atoms with Gasteiger partial charge in [-0.2, -0.15) is 0 Å². The Morgan fingerprint density at radius 1 is 1.33 bits per heavy atom. The number of aromatic amines is 1. The molecule has 0 radical (unpaired) electrons. The first-order valence-corrected chi connectivity index (χ1v) is 6.16. The third-order valence-electron chi connectivity index (χ3n) is 3.31. The number of anilines is 1. The van der Waals surface area contributed by atoms with Crippen LogP contribution in [-0.4, -0.2) is 16.9 Å². The van der Waals surface area contributed by atoms with Gasteiger partial charge in [0.2, 0.25) is 0 Å². The Kier molecular flexibility index (Phi) is 3.28. The molecule has 0 saturated heterocycles. The number of aromatic nitrogens is 1. The predicted octanol–water partition coefficient (Wildman–Crippen LogP) is 2.52. The van der Waals surface area contributed by atoms with Crippen LogP contribution in [0.5, 0.6) is 0 Å². The Morgan fingerprint density at radius 2 is 2.06 bits per heavy atom. The minimum Gasteiger partial charge on any atom is -0.399 e. The van der Waals surface area contributed by atoms with Gasteiger partial charge in [-0.1, -0.05) is 13.8 Å². The van der Waals surface area contributed by atoms with Gasteiger partial charge < -0.3 is 16.0 Å². The highest BCUT2D eigenvalue weighted by Crippen LogP contribution is 2.21. The van der Waals surface area contributed by atoms with Gasteiger partial charge in [0.25, 0.3) is 5.91 Å². The molecule has 0 saturated carbocycles. The molecular weight excluding hydrogens is 226 g/mol. The highest BCUT2D eigenvalue weighted by molar-refractivity contribution is 6.07. The zero-order chi connectivity index (χ0) is 13.3. The van der Waals surface area contributed by atoms with Crippen LogP contribution in [0.4, 0.5) is 5.69 Å². The molecule has 0 aliphatic rings. The Morgan fingerprint density at radius 3 is 2.72 bits per heavy atom. The molecule has 1 atom stereocenters. The van der Waals surface area contributed by atoms with Crippen LogP contribution in [0.25, 0.3) is 10.9 Å². The van der Waals surface area contributed by atoms with Gasteiger partial charge in [-0.05, 0) is 31.0 Å². The van der Waals surface area contributed by atoms with E-state index in [1.807, 2.05) is 25.1 Å². The summed E-state index contributed by atoms with van der Waals surface area (Å²) in [6.45, 7) is 6.17. The van der Waals surface area contributed by atoms with Crippen molar-refractivity contribution in [3.8, 4) is 0 Å². The maximum absolute atomic E-state index is 12.2. The Balaban J connectivity index is 2.30. The summed E-state index contributed by atoms with van der Waals surface area (Å²) in [5.41, 5.74) is 7.98. The SMILES string of the molecule is CC(C)C(C)NC(=O)c1c[nH]c2ccc(N)cc12. The van der Waals surface area contributed by atoms with Crippen LogP contribution in [0.1, 0.15) is 31.1 Å². The summed E-state index contributed by atoms with van der Waals surface area (Å²) in [6, 6.07) is 5.66. The average molecular weight is 245 g/mol. The number of nitrogens with two attached hydrogens (primary N) is 1. The van der Waals surface area contributed by atoms with E-state index in [0.717, 1.165) is 10.9 Å². The lowest BCUT2D eigenvalue weighted by Crippen LogP contribution is -2.35. The van der Waals surface area contributed by atoms with Crippen molar-refractivity contribution in [2.24, 2.45) is 5.92 Å². The molecule has 0 aliphatic carbocycles. The number of carbonyl (C=O) groups excluding carboxylic acids is 1. The fraction of sp³-hybridized carbons (Fsp3) is 0.357. The summed E-state index contributed by atoms with van der Waals surface area (Å²) in [5.74, 6) is 0.345. The van der Waals surface area contributed by atoms with Gasteiger partial charge in [0.15, 0.2) is 0 Å². The first kappa shape index (κ1) is 12.5. The molecule has 1 aromatic heterocycles. The van der Waals surface area contributed by atoms with E-state index in [-0.39, 0.29) is 11.9 Å². The molecule has 4 nitrogen and oxygen atoms in total.